The Morgan fingerprint density at radius 2 is 1.89 bits per heavy atom. The van der Waals surface area contributed by atoms with Gasteiger partial charge in [0.25, 0.3) is 0 Å². The van der Waals surface area contributed by atoms with Crippen LogP contribution in [0.4, 0.5) is 0 Å². The van der Waals surface area contributed by atoms with Gasteiger partial charge in [0.2, 0.25) is 15.9 Å². The fourth-order valence-electron chi connectivity index (χ4n) is 4.11. The number of rotatable bonds is 6. The molecule has 156 valence electrons. The Bertz CT molecular complexity index is 775. The first kappa shape index (κ1) is 21.2. The molecule has 0 bridgehead atoms. The van der Waals surface area contributed by atoms with Crippen molar-refractivity contribution >= 4 is 15.9 Å². The lowest BCUT2D eigenvalue weighted by molar-refractivity contribution is -0.134. The zero-order valence-electron chi connectivity index (χ0n) is 16.9. The third-order valence-corrected chi connectivity index (χ3v) is 6.22. The normalized spacial score (nSPS) is 22.4. The molecule has 1 unspecified atom stereocenters. The van der Waals surface area contributed by atoms with Crippen molar-refractivity contribution in [3.63, 3.8) is 0 Å². The Balaban J connectivity index is 1.43. The molecule has 2 aliphatic rings. The summed E-state index contributed by atoms with van der Waals surface area (Å²) in [5, 5.41) is 0. The molecule has 0 aromatic heterocycles. The van der Waals surface area contributed by atoms with E-state index in [-0.39, 0.29) is 11.9 Å². The van der Waals surface area contributed by atoms with Crippen LogP contribution in [0.3, 0.4) is 0 Å². The number of carbonyl (C=O) groups excluding carboxylic acids is 1. The van der Waals surface area contributed by atoms with Gasteiger partial charge in [-0.2, -0.15) is 0 Å². The summed E-state index contributed by atoms with van der Waals surface area (Å²) in [4.78, 5) is 19.1. The zero-order chi connectivity index (χ0) is 20.1. The fraction of sp³-hybridized carbons (Fsp3) is 0.650. The van der Waals surface area contributed by atoms with Crippen molar-refractivity contribution in [3.8, 4) is 0 Å². The van der Waals surface area contributed by atoms with E-state index in [2.05, 4.69) is 45.7 Å². The smallest absolute Gasteiger partial charge is 0.236 e. The van der Waals surface area contributed by atoms with Crippen LogP contribution in [0, 0.1) is 6.92 Å². The summed E-state index contributed by atoms with van der Waals surface area (Å²) in [6.07, 6.45) is 2.92. The predicted octanol–water partition coefficient (Wildman–Crippen LogP) is 0.653. The average molecular weight is 409 g/mol. The fourth-order valence-corrected chi connectivity index (χ4v) is 4.91. The van der Waals surface area contributed by atoms with Gasteiger partial charge in [0, 0.05) is 45.3 Å². The van der Waals surface area contributed by atoms with Gasteiger partial charge in [-0.15, -0.1) is 0 Å². The van der Waals surface area contributed by atoms with Crippen LogP contribution < -0.4 is 4.72 Å². The molecule has 0 aliphatic carbocycles. The lowest BCUT2D eigenvalue weighted by Crippen LogP contribution is -2.53. The number of likely N-dealkylation sites (tertiary alicyclic amines) is 1. The van der Waals surface area contributed by atoms with Gasteiger partial charge in [-0.05, 0) is 31.9 Å². The summed E-state index contributed by atoms with van der Waals surface area (Å²) >= 11 is 0. The maximum atomic E-state index is 12.7. The Morgan fingerprint density at radius 3 is 2.57 bits per heavy atom. The minimum atomic E-state index is -3.21. The number of amides is 1. The minimum absolute atomic E-state index is 0.0947. The van der Waals surface area contributed by atoms with E-state index < -0.39 is 10.0 Å². The molecule has 1 N–H and O–H groups in total. The highest BCUT2D eigenvalue weighted by Gasteiger charge is 2.27. The predicted molar refractivity (Wildman–Crippen MR) is 110 cm³/mol. The number of hydrogen-bond acceptors (Lipinski definition) is 5. The van der Waals surface area contributed by atoms with Crippen LogP contribution in [-0.4, -0.2) is 87.1 Å². The molecular weight excluding hydrogens is 376 g/mol. The van der Waals surface area contributed by atoms with Crippen LogP contribution in [0.25, 0.3) is 0 Å². The summed E-state index contributed by atoms with van der Waals surface area (Å²) in [7, 11) is -3.21. The second-order valence-electron chi connectivity index (χ2n) is 8.11. The molecule has 28 heavy (non-hydrogen) atoms. The van der Waals surface area contributed by atoms with Crippen LogP contribution in [0.5, 0.6) is 0 Å². The third-order valence-electron chi connectivity index (χ3n) is 5.46. The van der Waals surface area contributed by atoms with E-state index in [9.17, 15) is 13.2 Å². The summed E-state index contributed by atoms with van der Waals surface area (Å²) in [6, 6.07) is 8.48. The molecule has 1 amide bonds. The van der Waals surface area contributed by atoms with Crippen molar-refractivity contribution in [1.29, 1.82) is 0 Å². The molecule has 7 nitrogen and oxygen atoms in total. The maximum absolute atomic E-state index is 12.7. The Morgan fingerprint density at radius 1 is 1.14 bits per heavy atom. The van der Waals surface area contributed by atoms with Crippen LogP contribution >= 0.6 is 0 Å². The van der Waals surface area contributed by atoms with Crippen molar-refractivity contribution in [1.82, 2.24) is 19.4 Å². The van der Waals surface area contributed by atoms with Crippen LogP contribution in [-0.2, 0) is 21.4 Å². The maximum Gasteiger partial charge on any atom is 0.236 e. The lowest BCUT2D eigenvalue weighted by atomic mass is 10.1. The lowest BCUT2D eigenvalue weighted by Gasteiger charge is -2.37. The van der Waals surface area contributed by atoms with E-state index in [0.717, 1.165) is 52.1 Å². The van der Waals surface area contributed by atoms with Crippen LogP contribution in [0.1, 0.15) is 24.0 Å². The van der Waals surface area contributed by atoms with Crippen molar-refractivity contribution in [2.24, 2.45) is 0 Å². The molecule has 1 aromatic carbocycles. The first-order valence-electron chi connectivity index (χ1n) is 10.0. The SMILES string of the molecule is Cc1cccc(CN2CCN(C(=O)CN3CCCC(NS(C)(=O)=O)C3)CC2)c1. The van der Waals surface area contributed by atoms with E-state index in [0.29, 0.717) is 13.1 Å². The number of sulfonamides is 1. The van der Waals surface area contributed by atoms with Gasteiger partial charge in [-0.1, -0.05) is 29.8 Å². The number of nitrogens with zero attached hydrogens (tertiary/aromatic N) is 3. The summed E-state index contributed by atoms with van der Waals surface area (Å²) < 4.78 is 25.6. The monoisotopic (exact) mass is 408 g/mol. The van der Waals surface area contributed by atoms with Crippen molar-refractivity contribution in [2.75, 3.05) is 52.1 Å². The van der Waals surface area contributed by atoms with E-state index in [1.54, 1.807) is 0 Å². The molecular formula is C20H32N4O3S. The minimum Gasteiger partial charge on any atom is -0.339 e. The largest absolute Gasteiger partial charge is 0.339 e. The van der Waals surface area contributed by atoms with Gasteiger partial charge in [0.05, 0.1) is 12.8 Å². The van der Waals surface area contributed by atoms with E-state index >= 15 is 0 Å². The molecule has 8 heteroatoms. The van der Waals surface area contributed by atoms with Gasteiger partial charge in [0.15, 0.2) is 0 Å². The Hall–Kier alpha value is -1.48. The van der Waals surface area contributed by atoms with E-state index in [1.807, 2.05) is 4.90 Å². The Labute approximate surface area is 168 Å². The van der Waals surface area contributed by atoms with E-state index in [4.69, 9.17) is 0 Å². The van der Waals surface area contributed by atoms with Crippen LogP contribution in [0.2, 0.25) is 0 Å². The molecule has 3 rings (SSSR count). The molecule has 2 fully saturated rings. The molecule has 2 saturated heterocycles. The summed E-state index contributed by atoms with van der Waals surface area (Å²) in [5.74, 6) is 0.148. The zero-order valence-corrected chi connectivity index (χ0v) is 17.7. The number of nitrogens with one attached hydrogen (secondary N) is 1. The summed E-state index contributed by atoms with van der Waals surface area (Å²) in [5.41, 5.74) is 2.59. The van der Waals surface area contributed by atoms with Gasteiger partial charge in [-0.25, -0.2) is 13.1 Å². The number of hydrogen-bond donors (Lipinski definition) is 1. The van der Waals surface area contributed by atoms with Gasteiger partial charge < -0.3 is 4.90 Å². The average Bonchev–Trinajstić information content (AvgIpc) is 2.61. The second-order valence-corrected chi connectivity index (χ2v) is 9.89. The van der Waals surface area contributed by atoms with Gasteiger partial charge >= 0.3 is 0 Å². The number of benzene rings is 1. The van der Waals surface area contributed by atoms with Gasteiger partial charge in [-0.3, -0.25) is 14.6 Å². The molecule has 0 saturated carbocycles. The number of piperazine rings is 1. The second kappa shape index (κ2) is 9.35. The quantitative estimate of drug-likeness (QED) is 0.748. The molecule has 0 radical (unpaired) electrons. The van der Waals surface area contributed by atoms with Crippen molar-refractivity contribution in [2.45, 2.75) is 32.4 Å². The summed E-state index contributed by atoms with van der Waals surface area (Å²) in [6.45, 7) is 8.14. The molecule has 1 atom stereocenters. The standard InChI is InChI=1S/C20H32N4O3S/c1-17-5-3-6-18(13-17)14-22-9-11-24(12-10-22)20(25)16-23-8-4-7-19(15-23)21-28(2,26)27/h3,5-6,13,19,21H,4,7-12,14-16H2,1-2H3. The van der Waals surface area contributed by atoms with E-state index in [1.165, 1.54) is 17.4 Å². The molecule has 2 aliphatic heterocycles. The third kappa shape index (κ3) is 6.55. The van der Waals surface area contributed by atoms with Crippen molar-refractivity contribution < 1.29 is 13.2 Å². The molecule has 0 spiro atoms. The number of carbonyl (C=O) groups is 1. The van der Waals surface area contributed by atoms with Crippen molar-refractivity contribution in [3.05, 3.63) is 35.4 Å². The highest BCUT2D eigenvalue weighted by Crippen LogP contribution is 2.13. The highest BCUT2D eigenvalue weighted by atomic mass is 32.2. The number of aryl methyl sites for hydroxylation is 1. The molecule has 1 aromatic rings. The topological polar surface area (TPSA) is 73.0 Å². The first-order chi connectivity index (χ1) is 13.3. The van der Waals surface area contributed by atoms with Crippen LogP contribution in [0.15, 0.2) is 24.3 Å². The molecule has 2 heterocycles. The first-order valence-corrected chi connectivity index (χ1v) is 11.9. The Kier molecular flexibility index (Phi) is 7.09. The number of piperidine rings is 1. The highest BCUT2D eigenvalue weighted by molar-refractivity contribution is 7.88. The van der Waals surface area contributed by atoms with Gasteiger partial charge in [0.1, 0.15) is 0 Å².